The Morgan fingerprint density at radius 2 is 2.14 bits per heavy atom. The van der Waals surface area contributed by atoms with Crippen LogP contribution in [0.15, 0.2) is 0 Å². The van der Waals surface area contributed by atoms with Gasteiger partial charge in [-0.25, -0.2) is 8.42 Å². The average molecular weight is 125 g/mol. The summed E-state index contributed by atoms with van der Waals surface area (Å²) in [5.41, 5.74) is 3.37. The van der Waals surface area contributed by atoms with Crippen molar-refractivity contribution in [2.45, 2.75) is 5.44 Å². The van der Waals surface area contributed by atoms with Gasteiger partial charge in [0.25, 0.3) is 0 Å². The minimum Gasteiger partial charge on any atom is -0.376 e. The van der Waals surface area contributed by atoms with Crippen molar-refractivity contribution in [3.63, 3.8) is 0 Å². The van der Waals surface area contributed by atoms with Crippen LogP contribution in [0.2, 0.25) is 0 Å². The molecule has 0 fully saturated rings. The molecular formula is C2H7NO3S. The maximum Gasteiger partial charge on any atom is 0.168 e. The largest absolute Gasteiger partial charge is 0.376 e. The highest BCUT2D eigenvalue weighted by Crippen LogP contribution is 1.73. The molecule has 0 spiro atoms. The van der Waals surface area contributed by atoms with Crippen molar-refractivity contribution < 1.29 is 13.5 Å². The van der Waals surface area contributed by atoms with E-state index in [1.807, 2.05) is 0 Å². The quantitative estimate of drug-likeness (QED) is 0.368. The molecule has 3 N–H and O–H groups in total. The van der Waals surface area contributed by atoms with Crippen LogP contribution in [0, 0.1) is 0 Å². The van der Waals surface area contributed by atoms with Crippen LogP contribution in [0.25, 0.3) is 0 Å². The summed E-state index contributed by atoms with van der Waals surface area (Å²) in [6, 6.07) is 0. The Balaban J connectivity index is 3.57. The summed E-state index contributed by atoms with van der Waals surface area (Å²) in [6.45, 7) is -0.224. The molecule has 5 heteroatoms. The van der Waals surface area contributed by atoms with Crippen LogP contribution in [0.3, 0.4) is 0 Å². The fraction of sp³-hybridized carbons (Fsp3) is 1.00. The number of hydrogen-bond donors (Lipinski definition) is 3. The molecule has 0 heterocycles. The topological polar surface area (TPSA) is 80.4 Å². The van der Waals surface area contributed by atoms with Gasteiger partial charge in [0, 0.05) is 6.54 Å². The molecule has 0 aliphatic carbocycles. The number of aliphatic hydroxyl groups excluding tert-OH is 1. The fourth-order valence-electron chi connectivity index (χ4n) is 0.0861. The van der Waals surface area contributed by atoms with Gasteiger partial charge in [0.1, 0.15) is 0 Å². The molecule has 0 bridgehead atoms. The molecule has 0 aromatic rings. The molecule has 0 aromatic heterocycles. The third kappa shape index (κ3) is 2.55. The van der Waals surface area contributed by atoms with Gasteiger partial charge in [0.2, 0.25) is 0 Å². The zero-order chi connectivity index (χ0) is 5.86. The zero-order valence-electron chi connectivity index (χ0n) is 3.57. The summed E-state index contributed by atoms with van der Waals surface area (Å²) in [5, 5.41) is 8.21. The Morgan fingerprint density at radius 3 is 2.14 bits per heavy atom. The molecule has 7 heavy (non-hydrogen) atoms. The molecule has 0 radical (unpaired) electrons. The van der Waals surface area contributed by atoms with E-state index in [0.717, 1.165) is 0 Å². The molecule has 1 atom stereocenters. The molecule has 0 aromatic carbocycles. The van der Waals surface area contributed by atoms with Gasteiger partial charge in [0.05, 0.1) is 0 Å². The van der Waals surface area contributed by atoms with Gasteiger partial charge in [-0.1, -0.05) is 0 Å². The molecule has 4 nitrogen and oxygen atoms in total. The standard InChI is InChI=1S/C2H7NO3S/c3-1-2(4)7(5)6/h2,4,7H,1,3H2. The molecule has 0 saturated carbocycles. The van der Waals surface area contributed by atoms with Crippen LogP contribution >= 0.6 is 0 Å². The predicted molar refractivity (Wildman–Crippen MR) is 25.4 cm³/mol. The van der Waals surface area contributed by atoms with Crippen LogP contribution in [0.4, 0.5) is 0 Å². The van der Waals surface area contributed by atoms with Crippen molar-refractivity contribution in [3.05, 3.63) is 0 Å². The second-order valence-corrected chi connectivity index (χ2v) is 2.17. The van der Waals surface area contributed by atoms with Crippen LogP contribution in [-0.2, 0) is 10.7 Å². The lowest BCUT2D eigenvalue weighted by Gasteiger charge is -1.91. The third-order valence-electron chi connectivity index (χ3n) is 0.454. The van der Waals surface area contributed by atoms with Crippen LogP contribution < -0.4 is 5.73 Å². The molecular weight excluding hydrogens is 118 g/mol. The highest BCUT2D eigenvalue weighted by atomic mass is 32.2. The van der Waals surface area contributed by atoms with E-state index in [-0.39, 0.29) is 6.54 Å². The Bertz CT molecular complexity index is 102. The Labute approximate surface area is 42.9 Å². The maximum atomic E-state index is 9.64. The number of hydrogen-bond acceptors (Lipinski definition) is 4. The van der Waals surface area contributed by atoms with Crippen molar-refractivity contribution in [1.82, 2.24) is 0 Å². The zero-order valence-corrected chi connectivity index (χ0v) is 4.47. The first-order valence-electron chi connectivity index (χ1n) is 1.70. The van der Waals surface area contributed by atoms with E-state index < -0.39 is 16.1 Å². The lowest BCUT2D eigenvalue weighted by molar-refractivity contribution is 0.261. The highest BCUT2D eigenvalue weighted by molar-refractivity contribution is 7.72. The minimum atomic E-state index is -2.73. The highest BCUT2D eigenvalue weighted by Gasteiger charge is 1.98. The Morgan fingerprint density at radius 1 is 1.71 bits per heavy atom. The van der Waals surface area contributed by atoms with Crippen molar-refractivity contribution in [1.29, 1.82) is 0 Å². The van der Waals surface area contributed by atoms with E-state index in [1.54, 1.807) is 0 Å². The first kappa shape index (κ1) is 6.87. The first-order valence-corrected chi connectivity index (χ1v) is 2.94. The molecule has 44 valence electrons. The fourth-order valence-corrected chi connectivity index (χ4v) is 0.258. The van der Waals surface area contributed by atoms with E-state index in [0.29, 0.717) is 0 Å². The molecule has 0 amide bonds. The third-order valence-corrected chi connectivity index (χ3v) is 1.15. The summed E-state index contributed by atoms with van der Waals surface area (Å²) in [5.74, 6) is 0. The first-order chi connectivity index (χ1) is 3.18. The van der Waals surface area contributed by atoms with Gasteiger partial charge in [-0.15, -0.1) is 0 Å². The molecule has 0 rings (SSSR count). The van der Waals surface area contributed by atoms with Crippen LogP contribution in [-0.4, -0.2) is 25.5 Å². The summed E-state index contributed by atoms with van der Waals surface area (Å²) in [6.07, 6.45) is 0. The van der Waals surface area contributed by atoms with E-state index in [2.05, 4.69) is 0 Å². The van der Waals surface area contributed by atoms with E-state index >= 15 is 0 Å². The number of thiol groups is 1. The number of aliphatic hydroxyl groups is 1. The van der Waals surface area contributed by atoms with E-state index in [9.17, 15) is 8.42 Å². The monoisotopic (exact) mass is 125 g/mol. The van der Waals surface area contributed by atoms with Crippen molar-refractivity contribution in [2.75, 3.05) is 6.54 Å². The smallest absolute Gasteiger partial charge is 0.168 e. The van der Waals surface area contributed by atoms with Gasteiger partial charge < -0.3 is 10.8 Å². The van der Waals surface area contributed by atoms with Gasteiger partial charge in [-0.3, -0.25) is 0 Å². The van der Waals surface area contributed by atoms with Gasteiger partial charge in [0.15, 0.2) is 16.1 Å². The van der Waals surface area contributed by atoms with Gasteiger partial charge >= 0.3 is 0 Å². The van der Waals surface area contributed by atoms with E-state index in [4.69, 9.17) is 10.8 Å². The lowest BCUT2D eigenvalue weighted by Crippen LogP contribution is -2.20. The Kier molecular flexibility index (Phi) is 2.89. The van der Waals surface area contributed by atoms with Crippen molar-refractivity contribution in [2.24, 2.45) is 5.73 Å². The van der Waals surface area contributed by atoms with E-state index in [1.165, 1.54) is 0 Å². The van der Waals surface area contributed by atoms with Crippen molar-refractivity contribution >= 4 is 10.7 Å². The van der Waals surface area contributed by atoms with Crippen LogP contribution in [0.5, 0.6) is 0 Å². The second-order valence-electron chi connectivity index (χ2n) is 1.00. The number of rotatable bonds is 2. The average Bonchev–Trinajstić information content (AvgIpc) is 1.65. The summed E-state index contributed by atoms with van der Waals surface area (Å²) in [4.78, 5) is 0. The van der Waals surface area contributed by atoms with Crippen molar-refractivity contribution in [3.8, 4) is 0 Å². The minimum absolute atomic E-state index is 0.224. The summed E-state index contributed by atoms with van der Waals surface area (Å²) < 4.78 is 19.3. The SMILES string of the molecule is NCC(O)[SH](=O)=O. The van der Waals surface area contributed by atoms with Crippen LogP contribution in [0.1, 0.15) is 0 Å². The predicted octanol–water partition coefficient (Wildman–Crippen LogP) is -2.13. The normalized spacial score (nSPS) is 14.7. The summed E-state index contributed by atoms with van der Waals surface area (Å²) >= 11 is 0. The molecule has 0 saturated heterocycles. The van der Waals surface area contributed by atoms with Gasteiger partial charge in [-0.05, 0) is 0 Å². The lowest BCUT2D eigenvalue weighted by atomic mass is 10.7. The molecule has 0 aliphatic heterocycles. The molecule has 1 unspecified atom stereocenters. The maximum absolute atomic E-state index is 9.64. The second kappa shape index (κ2) is 2.95. The summed E-state index contributed by atoms with van der Waals surface area (Å²) in [7, 11) is -2.73. The Hall–Kier alpha value is -0.130. The number of nitrogens with two attached hydrogens (primary N) is 1. The molecule has 0 aliphatic rings. The van der Waals surface area contributed by atoms with Gasteiger partial charge in [-0.2, -0.15) is 0 Å².